The number of amidine groups is 1. The highest BCUT2D eigenvalue weighted by atomic mass is 32.2. The molecule has 0 bridgehead atoms. The van der Waals surface area contributed by atoms with Crippen LogP contribution in [0.25, 0.3) is 6.08 Å². The van der Waals surface area contributed by atoms with E-state index in [-0.39, 0.29) is 5.91 Å². The Hall–Kier alpha value is -2.57. The molecule has 0 aromatic heterocycles. The highest BCUT2D eigenvalue weighted by Gasteiger charge is 2.33. The molecule has 2 fully saturated rings. The van der Waals surface area contributed by atoms with Gasteiger partial charge in [0, 0.05) is 25.4 Å². The lowest BCUT2D eigenvalue weighted by atomic mass is 10.1. The summed E-state index contributed by atoms with van der Waals surface area (Å²) in [5.41, 5.74) is 3.13. The number of thioether (sulfide) groups is 1. The lowest BCUT2D eigenvalue weighted by Crippen LogP contribution is -2.32. The van der Waals surface area contributed by atoms with Crippen LogP contribution in [0.5, 0.6) is 0 Å². The fourth-order valence-corrected chi connectivity index (χ4v) is 4.81. The van der Waals surface area contributed by atoms with E-state index < -0.39 is 0 Å². The summed E-state index contributed by atoms with van der Waals surface area (Å²) in [6.07, 6.45) is 5.82. The molecular formula is C25H29N3O2S. The molecule has 2 aliphatic rings. The highest BCUT2D eigenvalue weighted by Crippen LogP contribution is 2.34. The van der Waals surface area contributed by atoms with Crippen molar-refractivity contribution in [1.29, 1.82) is 0 Å². The minimum atomic E-state index is -0.0144. The molecule has 0 aliphatic carbocycles. The Bertz CT molecular complexity index is 935. The fraction of sp³-hybridized carbons (Fsp3) is 0.360. The molecule has 2 aliphatic heterocycles. The summed E-state index contributed by atoms with van der Waals surface area (Å²) in [5.74, 6) is -0.0144. The third kappa shape index (κ3) is 5.57. The zero-order chi connectivity index (χ0) is 21.5. The smallest absolute Gasteiger partial charge is 0.266 e. The second-order valence-electron chi connectivity index (χ2n) is 7.63. The number of nitrogens with zero attached hydrogens (tertiary/aromatic N) is 3. The summed E-state index contributed by atoms with van der Waals surface area (Å²) < 4.78 is 5.48. The van der Waals surface area contributed by atoms with Crippen LogP contribution in [0.3, 0.4) is 0 Å². The summed E-state index contributed by atoms with van der Waals surface area (Å²) in [7, 11) is 0. The lowest BCUT2D eigenvalue weighted by molar-refractivity contribution is -0.122. The number of carbonyl (C=O) groups is 1. The number of carbonyl (C=O) groups excluding carboxylic acids is 1. The first-order valence-electron chi connectivity index (χ1n) is 11.0. The van der Waals surface area contributed by atoms with Crippen molar-refractivity contribution in [1.82, 2.24) is 4.90 Å². The second kappa shape index (κ2) is 10.6. The third-order valence-corrected chi connectivity index (χ3v) is 6.45. The minimum Gasteiger partial charge on any atom is -0.380 e. The highest BCUT2D eigenvalue weighted by molar-refractivity contribution is 8.18. The van der Waals surface area contributed by atoms with Gasteiger partial charge in [-0.15, -0.1) is 0 Å². The van der Waals surface area contributed by atoms with Crippen LogP contribution < -0.4 is 4.90 Å². The van der Waals surface area contributed by atoms with Gasteiger partial charge in [0.2, 0.25) is 0 Å². The Morgan fingerprint density at radius 3 is 2.48 bits per heavy atom. The van der Waals surface area contributed by atoms with Crippen LogP contribution in [0.2, 0.25) is 0 Å². The molecule has 4 rings (SSSR count). The topological polar surface area (TPSA) is 45.1 Å². The van der Waals surface area contributed by atoms with E-state index in [4.69, 9.17) is 9.73 Å². The maximum absolute atomic E-state index is 13.1. The number of hydrogen-bond donors (Lipinski definition) is 0. The molecule has 0 unspecified atom stereocenters. The van der Waals surface area contributed by atoms with Gasteiger partial charge in [-0.25, -0.2) is 4.99 Å². The van der Waals surface area contributed by atoms with Gasteiger partial charge in [-0.1, -0.05) is 30.3 Å². The van der Waals surface area contributed by atoms with E-state index in [1.807, 2.05) is 43.3 Å². The van der Waals surface area contributed by atoms with E-state index in [0.717, 1.165) is 24.3 Å². The molecule has 0 saturated carbocycles. The number of rotatable bonds is 7. The number of para-hydroxylation sites is 1. The number of hydrogen-bond acceptors (Lipinski definition) is 5. The standard InChI is InChI=1S/C25H29N3O2S/c1-2-30-18-17-28-24(29)23(31-25(28)26-21-9-5-3-6-10-21)19-20-11-13-22(14-12-20)27-15-7-4-8-16-27/h3,5-6,9-14,19H,2,4,7-8,15-18H2,1H3/b23-19-,26-25?. The van der Waals surface area contributed by atoms with Gasteiger partial charge in [-0.2, -0.15) is 0 Å². The second-order valence-corrected chi connectivity index (χ2v) is 8.64. The maximum atomic E-state index is 13.1. The third-order valence-electron chi connectivity index (χ3n) is 5.44. The van der Waals surface area contributed by atoms with Crippen molar-refractivity contribution in [3.8, 4) is 0 Å². The van der Waals surface area contributed by atoms with E-state index in [9.17, 15) is 4.79 Å². The monoisotopic (exact) mass is 435 g/mol. The van der Waals surface area contributed by atoms with Crippen LogP contribution in [-0.2, 0) is 9.53 Å². The van der Waals surface area contributed by atoms with Crippen molar-refractivity contribution >= 4 is 40.3 Å². The fourth-order valence-electron chi connectivity index (χ4n) is 3.79. The summed E-state index contributed by atoms with van der Waals surface area (Å²) in [5, 5.41) is 0.701. The molecule has 2 saturated heterocycles. The Labute approximate surface area is 188 Å². The molecular weight excluding hydrogens is 406 g/mol. The largest absolute Gasteiger partial charge is 0.380 e. The van der Waals surface area contributed by atoms with Gasteiger partial charge in [-0.3, -0.25) is 9.69 Å². The zero-order valence-corrected chi connectivity index (χ0v) is 18.8. The first-order chi connectivity index (χ1) is 15.2. The Kier molecular flexibility index (Phi) is 7.43. The molecule has 2 aromatic rings. The van der Waals surface area contributed by atoms with Gasteiger partial charge in [0.1, 0.15) is 0 Å². The number of ether oxygens (including phenoxy) is 1. The number of piperidine rings is 1. The first kappa shape index (κ1) is 21.7. The summed E-state index contributed by atoms with van der Waals surface area (Å²) in [4.78, 5) is 22.7. The van der Waals surface area contributed by atoms with Gasteiger partial charge >= 0.3 is 0 Å². The van der Waals surface area contributed by atoms with Crippen LogP contribution in [0.1, 0.15) is 31.7 Å². The van der Waals surface area contributed by atoms with Crippen LogP contribution in [-0.4, -0.2) is 48.8 Å². The predicted octanol–water partition coefficient (Wildman–Crippen LogP) is 5.32. The molecule has 0 atom stereocenters. The van der Waals surface area contributed by atoms with Gasteiger partial charge < -0.3 is 9.64 Å². The van der Waals surface area contributed by atoms with Crippen molar-refractivity contribution in [3.63, 3.8) is 0 Å². The molecule has 31 heavy (non-hydrogen) atoms. The lowest BCUT2D eigenvalue weighted by Gasteiger charge is -2.28. The van der Waals surface area contributed by atoms with Crippen LogP contribution in [0.4, 0.5) is 11.4 Å². The first-order valence-corrected chi connectivity index (χ1v) is 11.8. The average Bonchev–Trinajstić information content (AvgIpc) is 3.10. The van der Waals surface area contributed by atoms with E-state index in [0.29, 0.717) is 29.8 Å². The van der Waals surface area contributed by atoms with E-state index >= 15 is 0 Å². The van der Waals surface area contributed by atoms with Gasteiger partial charge in [-0.05, 0) is 73.9 Å². The van der Waals surface area contributed by atoms with Crippen LogP contribution in [0.15, 0.2) is 64.5 Å². The summed E-state index contributed by atoms with van der Waals surface area (Å²) in [6.45, 7) is 5.83. The predicted molar refractivity (Wildman–Crippen MR) is 130 cm³/mol. The Balaban J connectivity index is 1.53. The molecule has 1 amide bonds. The Morgan fingerprint density at radius 2 is 1.77 bits per heavy atom. The molecule has 2 heterocycles. The zero-order valence-electron chi connectivity index (χ0n) is 18.0. The average molecular weight is 436 g/mol. The number of aliphatic imine (C=N–C) groups is 1. The molecule has 162 valence electrons. The van der Waals surface area contributed by atoms with Crippen molar-refractivity contribution in [2.75, 3.05) is 37.7 Å². The molecule has 2 aromatic carbocycles. The number of amides is 1. The van der Waals surface area contributed by atoms with Crippen molar-refractivity contribution in [3.05, 3.63) is 65.1 Å². The van der Waals surface area contributed by atoms with Crippen molar-refractivity contribution in [2.24, 2.45) is 4.99 Å². The van der Waals surface area contributed by atoms with Crippen LogP contribution >= 0.6 is 11.8 Å². The van der Waals surface area contributed by atoms with Crippen LogP contribution in [0, 0.1) is 0 Å². The molecule has 0 N–H and O–H groups in total. The SMILES string of the molecule is CCOCCN1C(=O)/C(=C/c2ccc(N3CCCCC3)cc2)SC1=Nc1ccccc1. The van der Waals surface area contributed by atoms with Gasteiger partial charge in [0.25, 0.3) is 5.91 Å². The molecule has 0 spiro atoms. The normalized spacial score (nSPS) is 19.6. The van der Waals surface area contributed by atoms with Crippen molar-refractivity contribution < 1.29 is 9.53 Å². The number of anilines is 1. The van der Waals surface area contributed by atoms with Gasteiger partial charge in [0.15, 0.2) is 5.17 Å². The van der Waals surface area contributed by atoms with Gasteiger partial charge in [0.05, 0.1) is 23.7 Å². The Morgan fingerprint density at radius 1 is 1.03 bits per heavy atom. The quantitative estimate of drug-likeness (QED) is 0.436. The van der Waals surface area contributed by atoms with E-state index in [2.05, 4.69) is 29.2 Å². The summed E-state index contributed by atoms with van der Waals surface area (Å²) in [6, 6.07) is 18.3. The number of benzene rings is 2. The molecule has 6 heteroatoms. The van der Waals surface area contributed by atoms with E-state index in [1.54, 1.807) is 4.90 Å². The molecule has 5 nitrogen and oxygen atoms in total. The maximum Gasteiger partial charge on any atom is 0.266 e. The van der Waals surface area contributed by atoms with E-state index in [1.165, 1.54) is 36.7 Å². The molecule has 0 radical (unpaired) electrons. The summed E-state index contributed by atoms with van der Waals surface area (Å²) >= 11 is 1.43. The van der Waals surface area contributed by atoms with Crippen molar-refractivity contribution in [2.45, 2.75) is 26.2 Å². The minimum absolute atomic E-state index is 0.0144.